The summed E-state index contributed by atoms with van der Waals surface area (Å²) in [6.45, 7) is 0.629. The van der Waals surface area contributed by atoms with Gasteiger partial charge in [-0.1, -0.05) is 0 Å². The van der Waals surface area contributed by atoms with Crippen molar-refractivity contribution in [1.82, 2.24) is 4.90 Å². The predicted octanol–water partition coefficient (Wildman–Crippen LogP) is -0.776. The van der Waals surface area contributed by atoms with Crippen LogP contribution in [-0.4, -0.2) is 48.8 Å². The fourth-order valence-electron chi connectivity index (χ4n) is 1.38. The number of aliphatic hydroxyl groups is 1. The van der Waals surface area contributed by atoms with Gasteiger partial charge in [0.25, 0.3) is 0 Å². The van der Waals surface area contributed by atoms with Crippen molar-refractivity contribution in [1.29, 1.82) is 0 Å². The molecular formula is C7H13NO3. The van der Waals surface area contributed by atoms with E-state index >= 15 is 0 Å². The van der Waals surface area contributed by atoms with Crippen molar-refractivity contribution in [2.24, 2.45) is 0 Å². The molecule has 0 aromatic rings. The number of carbonyl (C=O) groups excluding carboxylic acids is 1. The van der Waals surface area contributed by atoms with E-state index in [1.165, 1.54) is 0 Å². The summed E-state index contributed by atoms with van der Waals surface area (Å²) in [5, 5.41) is 8.82. The normalized spacial score (nSPS) is 30.9. The van der Waals surface area contributed by atoms with Gasteiger partial charge in [0.2, 0.25) is 6.41 Å². The van der Waals surface area contributed by atoms with Crippen LogP contribution in [0, 0.1) is 0 Å². The lowest BCUT2D eigenvalue weighted by Gasteiger charge is -2.15. The molecule has 0 aromatic carbocycles. The molecule has 2 unspecified atom stereocenters. The standard InChI is InChI=1S/C7H13NO3/c1-11-7-2-6(4-9)8(3-7)5-10/h5-7,9H,2-4H2,1H3. The molecule has 0 bridgehead atoms. The minimum atomic E-state index is -0.0440. The highest BCUT2D eigenvalue weighted by molar-refractivity contribution is 5.48. The Balaban J connectivity index is 2.47. The lowest BCUT2D eigenvalue weighted by molar-refractivity contribution is -0.119. The summed E-state index contributed by atoms with van der Waals surface area (Å²) >= 11 is 0. The summed E-state index contributed by atoms with van der Waals surface area (Å²) in [5.41, 5.74) is 0. The fourth-order valence-corrected chi connectivity index (χ4v) is 1.38. The molecular weight excluding hydrogens is 146 g/mol. The van der Waals surface area contributed by atoms with Crippen molar-refractivity contribution >= 4 is 6.41 Å². The Kier molecular flexibility index (Phi) is 2.84. The van der Waals surface area contributed by atoms with Crippen molar-refractivity contribution in [3.8, 4) is 0 Å². The van der Waals surface area contributed by atoms with Crippen LogP contribution in [0.25, 0.3) is 0 Å². The third-order valence-corrected chi connectivity index (χ3v) is 2.10. The largest absolute Gasteiger partial charge is 0.394 e. The van der Waals surface area contributed by atoms with Gasteiger partial charge in [0.05, 0.1) is 18.8 Å². The highest BCUT2D eigenvalue weighted by Crippen LogP contribution is 2.17. The lowest BCUT2D eigenvalue weighted by Crippen LogP contribution is -2.30. The first-order valence-corrected chi connectivity index (χ1v) is 3.66. The smallest absolute Gasteiger partial charge is 0.210 e. The summed E-state index contributed by atoms with van der Waals surface area (Å²) in [6.07, 6.45) is 1.60. The molecule has 4 nitrogen and oxygen atoms in total. The minimum absolute atomic E-state index is 0.0264. The molecule has 1 rings (SSSR count). The van der Waals surface area contributed by atoms with Crippen LogP contribution in [0.15, 0.2) is 0 Å². The van der Waals surface area contributed by atoms with Crippen LogP contribution in [0.1, 0.15) is 6.42 Å². The number of carbonyl (C=O) groups is 1. The molecule has 0 aromatic heterocycles. The van der Waals surface area contributed by atoms with Crippen molar-refractivity contribution in [2.45, 2.75) is 18.6 Å². The molecule has 64 valence electrons. The Bertz CT molecular complexity index is 140. The van der Waals surface area contributed by atoms with Crippen molar-refractivity contribution in [2.75, 3.05) is 20.3 Å². The minimum Gasteiger partial charge on any atom is -0.394 e. The van der Waals surface area contributed by atoms with Crippen LogP contribution in [0.4, 0.5) is 0 Å². The van der Waals surface area contributed by atoms with Crippen LogP contribution in [-0.2, 0) is 9.53 Å². The average Bonchev–Trinajstić information content (AvgIpc) is 2.46. The van der Waals surface area contributed by atoms with Crippen LogP contribution in [0.5, 0.6) is 0 Å². The molecule has 1 aliphatic rings. The molecule has 1 heterocycles. The number of methoxy groups -OCH3 is 1. The summed E-state index contributed by atoms with van der Waals surface area (Å²) in [4.78, 5) is 12.0. The topological polar surface area (TPSA) is 49.8 Å². The molecule has 0 spiro atoms. The number of amides is 1. The second kappa shape index (κ2) is 3.69. The summed E-state index contributed by atoms with van der Waals surface area (Å²) in [6, 6.07) is -0.0440. The highest BCUT2D eigenvalue weighted by Gasteiger charge is 2.30. The number of nitrogens with zero attached hydrogens (tertiary/aromatic N) is 1. The zero-order valence-electron chi connectivity index (χ0n) is 6.56. The molecule has 1 amide bonds. The third kappa shape index (κ3) is 1.70. The SMILES string of the molecule is COC1CC(CO)N(C=O)C1. The number of ether oxygens (including phenoxy) is 1. The number of rotatable bonds is 3. The fraction of sp³-hybridized carbons (Fsp3) is 0.857. The first kappa shape index (κ1) is 8.49. The second-order valence-electron chi connectivity index (χ2n) is 2.73. The second-order valence-corrected chi connectivity index (χ2v) is 2.73. The molecule has 0 saturated carbocycles. The first-order valence-electron chi connectivity index (χ1n) is 3.66. The van der Waals surface area contributed by atoms with E-state index < -0.39 is 0 Å². The maximum atomic E-state index is 10.4. The van der Waals surface area contributed by atoms with Crippen LogP contribution in [0.2, 0.25) is 0 Å². The third-order valence-electron chi connectivity index (χ3n) is 2.10. The molecule has 11 heavy (non-hydrogen) atoms. The number of aliphatic hydroxyl groups excluding tert-OH is 1. The predicted molar refractivity (Wildman–Crippen MR) is 39.1 cm³/mol. The molecule has 1 saturated heterocycles. The van der Waals surface area contributed by atoms with Gasteiger partial charge < -0.3 is 14.7 Å². The Morgan fingerprint density at radius 3 is 2.91 bits per heavy atom. The highest BCUT2D eigenvalue weighted by atomic mass is 16.5. The van der Waals surface area contributed by atoms with E-state index in [1.54, 1.807) is 12.0 Å². The van der Waals surface area contributed by atoms with Gasteiger partial charge in [0.15, 0.2) is 0 Å². The maximum absolute atomic E-state index is 10.4. The maximum Gasteiger partial charge on any atom is 0.210 e. The summed E-state index contributed by atoms with van der Waals surface area (Å²) in [5.74, 6) is 0. The first-order chi connectivity index (χ1) is 5.31. The molecule has 1 N–H and O–H groups in total. The quantitative estimate of drug-likeness (QED) is 0.550. The van der Waals surface area contributed by atoms with Crippen LogP contribution >= 0.6 is 0 Å². The molecule has 2 atom stereocenters. The van der Waals surface area contributed by atoms with Gasteiger partial charge >= 0.3 is 0 Å². The summed E-state index contributed by atoms with van der Waals surface area (Å²) < 4.78 is 5.06. The van der Waals surface area contributed by atoms with Crippen molar-refractivity contribution in [3.05, 3.63) is 0 Å². The van der Waals surface area contributed by atoms with Crippen molar-refractivity contribution in [3.63, 3.8) is 0 Å². The van der Waals surface area contributed by atoms with Gasteiger partial charge in [0.1, 0.15) is 0 Å². The van der Waals surface area contributed by atoms with Crippen LogP contribution in [0.3, 0.4) is 0 Å². The number of hydrogen-bond acceptors (Lipinski definition) is 3. The zero-order valence-corrected chi connectivity index (χ0v) is 6.56. The zero-order chi connectivity index (χ0) is 8.27. The Hall–Kier alpha value is -0.610. The van der Waals surface area contributed by atoms with Gasteiger partial charge in [-0.2, -0.15) is 0 Å². The van der Waals surface area contributed by atoms with E-state index in [2.05, 4.69) is 0 Å². The Morgan fingerprint density at radius 2 is 2.55 bits per heavy atom. The van der Waals surface area contributed by atoms with Gasteiger partial charge in [0, 0.05) is 13.7 Å². The Morgan fingerprint density at radius 1 is 1.82 bits per heavy atom. The molecule has 4 heteroatoms. The average molecular weight is 159 g/mol. The van der Waals surface area contributed by atoms with E-state index in [-0.39, 0.29) is 18.8 Å². The summed E-state index contributed by atoms with van der Waals surface area (Å²) in [7, 11) is 1.62. The molecule has 0 radical (unpaired) electrons. The van der Waals surface area contributed by atoms with E-state index in [4.69, 9.17) is 9.84 Å². The molecule has 1 aliphatic heterocycles. The number of likely N-dealkylation sites (tertiary alicyclic amines) is 1. The van der Waals surface area contributed by atoms with Crippen molar-refractivity contribution < 1.29 is 14.6 Å². The monoisotopic (exact) mass is 159 g/mol. The molecule has 0 aliphatic carbocycles. The van der Waals surface area contributed by atoms with Gasteiger partial charge in [-0.3, -0.25) is 4.79 Å². The van der Waals surface area contributed by atoms with E-state index in [0.29, 0.717) is 6.54 Å². The van der Waals surface area contributed by atoms with E-state index in [9.17, 15) is 4.79 Å². The number of hydrogen-bond donors (Lipinski definition) is 1. The Labute approximate surface area is 65.8 Å². The van der Waals surface area contributed by atoms with Gasteiger partial charge in [-0.15, -0.1) is 0 Å². The van der Waals surface area contributed by atoms with Gasteiger partial charge in [-0.25, -0.2) is 0 Å². The van der Waals surface area contributed by atoms with Gasteiger partial charge in [-0.05, 0) is 6.42 Å². The lowest BCUT2D eigenvalue weighted by atomic mass is 10.2. The molecule has 1 fully saturated rings. The van der Waals surface area contributed by atoms with Crippen LogP contribution < -0.4 is 0 Å². The van der Waals surface area contributed by atoms with E-state index in [1.807, 2.05) is 0 Å². The van der Waals surface area contributed by atoms with E-state index in [0.717, 1.165) is 12.8 Å².